The summed E-state index contributed by atoms with van der Waals surface area (Å²) in [6, 6.07) is 5.29. The van der Waals surface area contributed by atoms with Crippen LogP contribution in [0.1, 0.15) is 52.0 Å². The minimum absolute atomic E-state index is 0.0280. The van der Waals surface area contributed by atoms with E-state index in [2.05, 4.69) is 21.4 Å². The van der Waals surface area contributed by atoms with Crippen LogP contribution in [0.25, 0.3) is 0 Å². The highest BCUT2D eigenvalue weighted by atomic mass is 16.5. The maximum atomic E-state index is 13.2. The van der Waals surface area contributed by atoms with Crippen LogP contribution in [0.5, 0.6) is 0 Å². The second kappa shape index (κ2) is 12.4. The Kier molecular flexibility index (Phi) is 8.77. The number of urea groups is 1. The first kappa shape index (κ1) is 26.2. The van der Waals surface area contributed by atoms with Crippen molar-refractivity contribution in [3.8, 4) is 6.07 Å². The Morgan fingerprint density at radius 2 is 2.16 bits per heavy atom. The number of amides is 3. The number of hydrogen-bond donors (Lipinski definition) is 1. The number of nitrogens with one attached hydrogen (secondary N) is 1. The zero-order valence-electron chi connectivity index (χ0n) is 20.9. The molecule has 0 unspecified atom stereocenters. The number of carbonyl (C=O) groups is 3. The third-order valence-electron chi connectivity index (χ3n) is 6.43. The highest BCUT2D eigenvalue weighted by molar-refractivity contribution is 6.01. The van der Waals surface area contributed by atoms with Crippen molar-refractivity contribution >= 4 is 29.9 Å². The molecule has 0 bridgehead atoms. The van der Waals surface area contributed by atoms with Crippen molar-refractivity contribution < 1.29 is 23.9 Å². The number of fused-ring (bicyclic) bond motifs is 1. The summed E-state index contributed by atoms with van der Waals surface area (Å²) in [7, 11) is 1.62. The van der Waals surface area contributed by atoms with Gasteiger partial charge < -0.3 is 14.4 Å². The predicted octanol–water partition coefficient (Wildman–Crippen LogP) is 2.47. The molecule has 194 valence electrons. The molecule has 1 fully saturated rings. The molecule has 2 aliphatic heterocycles. The van der Waals surface area contributed by atoms with Gasteiger partial charge in [0.1, 0.15) is 30.0 Å². The summed E-state index contributed by atoms with van der Waals surface area (Å²) in [4.78, 5) is 49.5. The quantitative estimate of drug-likeness (QED) is 0.426. The standard InChI is InChI=1S/C26H30N6O5/c1-36-9-3-6-18-12-23(28-14-21(18)13-27)30-26(35)32-8-2-5-19-11-20(22(16-33)29-25(19)32)15-31-7-4-10-37-17-24(31)34/h11-12,14,16H,2-10,15,17H2,1H3,(H,28,30,35). The number of aldehydes is 1. The van der Waals surface area contributed by atoms with Crippen molar-refractivity contribution in [3.63, 3.8) is 0 Å². The number of carbonyl (C=O) groups excluding carboxylic acids is 3. The van der Waals surface area contributed by atoms with E-state index in [9.17, 15) is 19.6 Å². The van der Waals surface area contributed by atoms with E-state index < -0.39 is 6.03 Å². The molecule has 11 heteroatoms. The fraction of sp³-hybridized carbons (Fsp3) is 0.462. The minimum Gasteiger partial charge on any atom is -0.385 e. The van der Waals surface area contributed by atoms with E-state index in [4.69, 9.17) is 9.47 Å². The SMILES string of the molecule is COCCCc1cc(NC(=O)N2CCCc3cc(CN4CCCOCC4=O)c(C=O)nc32)ncc1C#N. The molecular formula is C26H30N6O5. The Hall–Kier alpha value is -3.88. The van der Waals surface area contributed by atoms with Gasteiger partial charge in [0.25, 0.3) is 0 Å². The van der Waals surface area contributed by atoms with Crippen molar-refractivity contribution in [3.05, 3.63) is 46.3 Å². The van der Waals surface area contributed by atoms with E-state index in [1.807, 2.05) is 6.07 Å². The molecule has 0 aliphatic carbocycles. The van der Waals surface area contributed by atoms with Gasteiger partial charge in [0.15, 0.2) is 6.29 Å². The first-order valence-corrected chi connectivity index (χ1v) is 12.3. The fourth-order valence-corrected chi connectivity index (χ4v) is 4.55. The topological polar surface area (TPSA) is 138 Å². The molecule has 3 amide bonds. The van der Waals surface area contributed by atoms with Crippen molar-refractivity contribution in [2.75, 3.05) is 50.2 Å². The number of methoxy groups -OCH3 is 1. The summed E-state index contributed by atoms with van der Waals surface area (Å²) in [5.41, 5.74) is 2.93. The van der Waals surface area contributed by atoms with Gasteiger partial charge >= 0.3 is 6.03 Å². The van der Waals surface area contributed by atoms with Crippen LogP contribution >= 0.6 is 0 Å². The highest BCUT2D eigenvalue weighted by Gasteiger charge is 2.27. The van der Waals surface area contributed by atoms with E-state index in [1.165, 1.54) is 11.1 Å². The number of ether oxygens (including phenoxy) is 2. The van der Waals surface area contributed by atoms with Crippen LogP contribution in [0.2, 0.25) is 0 Å². The van der Waals surface area contributed by atoms with Gasteiger partial charge in [-0.05, 0) is 55.4 Å². The molecule has 4 heterocycles. The zero-order chi connectivity index (χ0) is 26.2. The lowest BCUT2D eigenvalue weighted by molar-refractivity contribution is -0.134. The molecule has 0 radical (unpaired) electrons. The van der Waals surface area contributed by atoms with Gasteiger partial charge in [-0.1, -0.05) is 0 Å². The highest BCUT2D eigenvalue weighted by Crippen LogP contribution is 2.28. The molecule has 11 nitrogen and oxygen atoms in total. The number of nitrogens with zero attached hydrogens (tertiary/aromatic N) is 5. The van der Waals surface area contributed by atoms with Crippen LogP contribution in [0.4, 0.5) is 16.4 Å². The summed E-state index contributed by atoms with van der Waals surface area (Å²) < 4.78 is 10.4. The zero-order valence-corrected chi connectivity index (χ0v) is 20.9. The van der Waals surface area contributed by atoms with Crippen molar-refractivity contribution in [1.29, 1.82) is 5.26 Å². The van der Waals surface area contributed by atoms with Gasteiger partial charge in [-0.2, -0.15) is 5.26 Å². The van der Waals surface area contributed by atoms with E-state index in [0.717, 1.165) is 30.4 Å². The monoisotopic (exact) mass is 506 g/mol. The fourth-order valence-electron chi connectivity index (χ4n) is 4.55. The molecule has 2 aromatic heterocycles. The van der Waals surface area contributed by atoms with E-state index in [1.54, 1.807) is 18.1 Å². The second-order valence-electron chi connectivity index (χ2n) is 8.97. The predicted molar refractivity (Wildman–Crippen MR) is 134 cm³/mol. The van der Waals surface area contributed by atoms with Gasteiger partial charge in [-0.3, -0.25) is 19.8 Å². The van der Waals surface area contributed by atoms with Crippen molar-refractivity contribution in [2.45, 2.75) is 38.6 Å². The molecule has 0 aromatic carbocycles. The number of nitriles is 1. The van der Waals surface area contributed by atoms with Crippen LogP contribution in [-0.4, -0.2) is 73.1 Å². The Morgan fingerprint density at radius 1 is 1.30 bits per heavy atom. The second-order valence-corrected chi connectivity index (χ2v) is 8.97. The summed E-state index contributed by atoms with van der Waals surface area (Å²) in [5.74, 6) is 0.635. The summed E-state index contributed by atoms with van der Waals surface area (Å²) >= 11 is 0. The van der Waals surface area contributed by atoms with Gasteiger partial charge in [0.2, 0.25) is 5.91 Å². The number of aromatic nitrogens is 2. The average Bonchev–Trinajstić information content (AvgIpc) is 3.11. The lowest BCUT2D eigenvalue weighted by atomic mass is 10.0. The maximum absolute atomic E-state index is 13.2. The van der Waals surface area contributed by atoms with Crippen LogP contribution in [0.3, 0.4) is 0 Å². The molecule has 2 aromatic rings. The van der Waals surface area contributed by atoms with E-state index in [0.29, 0.717) is 68.2 Å². The molecule has 0 spiro atoms. The van der Waals surface area contributed by atoms with E-state index >= 15 is 0 Å². The lowest BCUT2D eigenvalue weighted by Gasteiger charge is -2.30. The maximum Gasteiger partial charge on any atom is 0.328 e. The number of hydrogen-bond acceptors (Lipinski definition) is 8. The third-order valence-corrected chi connectivity index (χ3v) is 6.43. The molecule has 2 aliphatic rings. The number of anilines is 2. The van der Waals surface area contributed by atoms with Gasteiger partial charge in [-0.25, -0.2) is 14.8 Å². The first-order valence-electron chi connectivity index (χ1n) is 12.3. The van der Waals surface area contributed by atoms with Crippen LogP contribution in [0, 0.1) is 11.3 Å². The molecule has 1 saturated heterocycles. The Bertz CT molecular complexity index is 1210. The summed E-state index contributed by atoms with van der Waals surface area (Å²) in [6.07, 6.45) is 5.62. The molecule has 0 atom stereocenters. The average molecular weight is 507 g/mol. The lowest BCUT2D eigenvalue weighted by Crippen LogP contribution is -2.40. The Labute approximate surface area is 215 Å². The Morgan fingerprint density at radius 3 is 2.95 bits per heavy atom. The van der Waals surface area contributed by atoms with Crippen LogP contribution < -0.4 is 10.2 Å². The van der Waals surface area contributed by atoms with E-state index in [-0.39, 0.29) is 24.8 Å². The van der Waals surface area contributed by atoms with Gasteiger partial charge in [-0.15, -0.1) is 0 Å². The number of rotatable bonds is 8. The molecule has 1 N–H and O–H groups in total. The smallest absolute Gasteiger partial charge is 0.328 e. The van der Waals surface area contributed by atoms with Crippen LogP contribution in [0.15, 0.2) is 18.3 Å². The van der Waals surface area contributed by atoms with Crippen molar-refractivity contribution in [2.24, 2.45) is 0 Å². The largest absolute Gasteiger partial charge is 0.385 e. The third kappa shape index (κ3) is 6.28. The molecule has 0 saturated carbocycles. The number of pyridine rings is 2. The Balaban J connectivity index is 1.54. The van der Waals surface area contributed by atoms with Crippen molar-refractivity contribution in [1.82, 2.24) is 14.9 Å². The normalized spacial score (nSPS) is 15.5. The summed E-state index contributed by atoms with van der Waals surface area (Å²) in [6.45, 7) is 2.37. The van der Waals surface area contributed by atoms with Gasteiger partial charge in [0.05, 0.1) is 5.56 Å². The van der Waals surface area contributed by atoms with Crippen LogP contribution in [-0.2, 0) is 33.7 Å². The number of aryl methyl sites for hydroxylation is 2. The van der Waals surface area contributed by atoms with Gasteiger partial charge in [0, 0.05) is 51.7 Å². The molecular weight excluding hydrogens is 476 g/mol. The molecule has 4 rings (SSSR count). The minimum atomic E-state index is -0.419. The summed E-state index contributed by atoms with van der Waals surface area (Å²) in [5, 5.41) is 12.2. The first-order chi connectivity index (χ1) is 18.0. The molecule has 37 heavy (non-hydrogen) atoms.